The van der Waals surface area contributed by atoms with Crippen LogP contribution >= 0.6 is 24.8 Å². The number of anilines is 1. The maximum Gasteiger partial charge on any atom is 0.225 e. The number of hydrogen-bond acceptors (Lipinski definition) is 4. The van der Waals surface area contributed by atoms with Crippen molar-refractivity contribution >= 4 is 41.7 Å². The minimum Gasteiger partial charge on any atom is -0.338 e. The van der Waals surface area contributed by atoms with Crippen molar-refractivity contribution in [2.75, 3.05) is 31.1 Å². The van der Waals surface area contributed by atoms with E-state index in [9.17, 15) is 0 Å². The van der Waals surface area contributed by atoms with Gasteiger partial charge in [-0.25, -0.2) is 9.97 Å². The number of piperazine rings is 1. The van der Waals surface area contributed by atoms with Crippen LogP contribution in [-0.4, -0.2) is 41.0 Å². The number of hydrogen-bond donors (Lipinski definition) is 0. The van der Waals surface area contributed by atoms with E-state index in [2.05, 4.69) is 51.2 Å². The molecule has 4 rings (SSSR count). The SMILES string of the molecule is Cl.Cl.c1ccc(CN2CCN(c3ncc4ccccc4n3)CC2)cc1. The Morgan fingerprint density at radius 1 is 0.800 bits per heavy atom. The molecular weight excluding hydrogens is 355 g/mol. The Balaban J connectivity index is 0.00000113. The number of benzene rings is 2. The van der Waals surface area contributed by atoms with Gasteiger partial charge in [0.1, 0.15) is 0 Å². The average molecular weight is 377 g/mol. The normalized spacial score (nSPS) is 14.6. The fraction of sp³-hybridized carbons (Fsp3) is 0.263. The van der Waals surface area contributed by atoms with Gasteiger partial charge in [-0.15, -0.1) is 24.8 Å². The van der Waals surface area contributed by atoms with E-state index >= 15 is 0 Å². The quantitative estimate of drug-likeness (QED) is 0.695. The van der Waals surface area contributed by atoms with E-state index in [1.165, 1.54) is 5.56 Å². The van der Waals surface area contributed by atoms with Gasteiger partial charge in [-0.1, -0.05) is 48.5 Å². The van der Waals surface area contributed by atoms with Crippen molar-refractivity contribution in [3.8, 4) is 0 Å². The summed E-state index contributed by atoms with van der Waals surface area (Å²) in [6.45, 7) is 5.07. The molecule has 2 heterocycles. The number of fused-ring (bicyclic) bond motifs is 1. The molecule has 1 saturated heterocycles. The molecule has 3 aromatic rings. The molecule has 1 aliphatic heterocycles. The molecule has 0 spiro atoms. The van der Waals surface area contributed by atoms with Crippen molar-refractivity contribution in [1.82, 2.24) is 14.9 Å². The van der Waals surface area contributed by atoms with E-state index < -0.39 is 0 Å². The first-order valence-electron chi connectivity index (χ1n) is 8.11. The summed E-state index contributed by atoms with van der Waals surface area (Å²) in [6, 6.07) is 18.8. The first-order chi connectivity index (χ1) is 11.4. The zero-order valence-corrected chi connectivity index (χ0v) is 15.5. The van der Waals surface area contributed by atoms with Crippen molar-refractivity contribution in [3.63, 3.8) is 0 Å². The van der Waals surface area contributed by atoms with Crippen molar-refractivity contribution in [2.24, 2.45) is 0 Å². The van der Waals surface area contributed by atoms with Crippen molar-refractivity contribution in [1.29, 1.82) is 0 Å². The highest BCUT2D eigenvalue weighted by molar-refractivity contribution is 5.85. The zero-order valence-electron chi connectivity index (χ0n) is 13.9. The number of para-hydroxylation sites is 1. The monoisotopic (exact) mass is 376 g/mol. The van der Waals surface area contributed by atoms with Gasteiger partial charge in [0.05, 0.1) is 5.52 Å². The van der Waals surface area contributed by atoms with Crippen LogP contribution in [0.15, 0.2) is 60.8 Å². The Morgan fingerprint density at radius 3 is 2.24 bits per heavy atom. The van der Waals surface area contributed by atoms with E-state index in [4.69, 9.17) is 4.98 Å². The summed E-state index contributed by atoms with van der Waals surface area (Å²) in [5.74, 6) is 0.850. The number of halogens is 2. The highest BCUT2D eigenvalue weighted by Crippen LogP contribution is 2.17. The second-order valence-electron chi connectivity index (χ2n) is 5.98. The lowest BCUT2D eigenvalue weighted by Gasteiger charge is -2.34. The lowest BCUT2D eigenvalue weighted by molar-refractivity contribution is 0.249. The molecule has 25 heavy (non-hydrogen) atoms. The molecule has 0 radical (unpaired) electrons. The van der Waals surface area contributed by atoms with Crippen LogP contribution in [0, 0.1) is 0 Å². The largest absolute Gasteiger partial charge is 0.338 e. The highest BCUT2D eigenvalue weighted by Gasteiger charge is 2.19. The van der Waals surface area contributed by atoms with Gasteiger partial charge in [-0.3, -0.25) is 4.90 Å². The Kier molecular flexibility index (Phi) is 7.00. The van der Waals surface area contributed by atoms with Crippen LogP contribution < -0.4 is 4.90 Å². The van der Waals surface area contributed by atoms with Crippen molar-refractivity contribution in [2.45, 2.75) is 6.54 Å². The Bertz CT molecular complexity index is 790. The summed E-state index contributed by atoms with van der Waals surface area (Å²) >= 11 is 0. The molecule has 2 aromatic carbocycles. The van der Waals surface area contributed by atoms with Gasteiger partial charge in [0.15, 0.2) is 0 Å². The third-order valence-electron chi connectivity index (χ3n) is 4.38. The summed E-state index contributed by atoms with van der Waals surface area (Å²) in [7, 11) is 0. The van der Waals surface area contributed by atoms with Gasteiger partial charge in [0.25, 0.3) is 0 Å². The maximum atomic E-state index is 4.70. The maximum absolute atomic E-state index is 4.70. The van der Waals surface area contributed by atoms with Crippen molar-refractivity contribution in [3.05, 3.63) is 66.4 Å². The molecule has 0 atom stereocenters. The fourth-order valence-corrected chi connectivity index (χ4v) is 3.06. The molecule has 0 saturated carbocycles. The van der Waals surface area contributed by atoms with E-state index in [0.717, 1.165) is 49.6 Å². The van der Waals surface area contributed by atoms with Gasteiger partial charge >= 0.3 is 0 Å². The van der Waals surface area contributed by atoms with Gasteiger partial charge in [-0.2, -0.15) is 0 Å². The van der Waals surface area contributed by atoms with Crippen LogP contribution in [0.3, 0.4) is 0 Å². The third-order valence-corrected chi connectivity index (χ3v) is 4.38. The van der Waals surface area contributed by atoms with Crippen LogP contribution in [0.2, 0.25) is 0 Å². The molecular formula is C19H22Cl2N4. The predicted molar refractivity (Wildman–Crippen MR) is 108 cm³/mol. The topological polar surface area (TPSA) is 32.3 Å². The number of aromatic nitrogens is 2. The second-order valence-corrected chi connectivity index (χ2v) is 5.98. The molecule has 1 fully saturated rings. The van der Waals surface area contributed by atoms with Crippen LogP contribution in [0.25, 0.3) is 10.9 Å². The van der Waals surface area contributed by atoms with Crippen LogP contribution in [-0.2, 0) is 6.54 Å². The standard InChI is InChI=1S/C19H20N4.2ClH/c1-2-6-16(7-3-1)15-22-10-12-23(13-11-22)19-20-14-17-8-4-5-9-18(17)21-19;;/h1-9,14H,10-13,15H2;2*1H. The lowest BCUT2D eigenvalue weighted by atomic mass is 10.2. The summed E-state index contributed by atoms with van der Waals surface area (Å²) in [6.07, 6.45) is 1.92. The van der Waals surface area contributed by atoms with Crippen LogP contribution in [0.1, 0.15) is 5.56 Å². The number of nitrogens with zero attached hydrogens (tertiary/aromatic N) is 4. The Hall–Kier alpha value is -1.88. The Morgan fingerprint density at radius 2 is 1.48 bits per heavy atom. The van der Waals surface area contributed by atoms with E-state index in [-0.39, 0.29) is 24.8 Å². The summed E-state index contributed by atoms with van der Waals surface area (Å²) in [5, 5.41) is 1.10. The minimum absolute atomic E-state index is 0. The third kappa shape index (κ3) is 4.60. The van der Waals surface area contributed by atoms with E-state index in [1.54, 1.807) is 0 Å². The van der Waals surface area contributed by atoms with Crippen LogP contribution in [0.5, 0.6) is 0 Å². The molecule has 0 bridgehead atoms. The summed E-state index contributed by atoms with van der Waals surface area (Å²) in [5.41, 5.74) is 2.40. The van der Waals surface area contributed by atoms with Gasteiger partial charge in [0, 0.05) is 44.3 Å². The molecule has 0 aliphatic carbocycles. The zero-order chi connectivity index (χ0) is 15.5. The average Bonchev–Trinajstić information content (AvgIpc) is 2.63. The summed E-state index contributed by atoms with van der Waals surface area (Å²) < 4.78 is 0. The molecule has 0 amide bonds. The highest BCUT2D eigenvalue weighted by atomic mass is 35.5. The first kappa shape index (κ1) is 19.4. The Labute approximate surface area is 160 Å². The summed E-state index contributed by atoms with van der Waals surface area (Å²) in [4.78, 5) is 14.0. The predicted octanol–water partition coefficient (Wildman–Crippen LogP) is 3.80. The lowest BCUT2D eigenvalue weighted by Crippen LogP contribution is -2.46. The first-order valence-corrected chi connectivity index (χ1v) is 8.11. The van der Waals surface area contributed by atoms with Gasteiger partial charge in [0.2, 0.25) is 5.95 Å². The van der Waals surface area contributed by atoms with Crippen LogP contribution in [0.4, 0.5) is 5.95 Å². The van der Waals surface area contributed by atoms with Gasteiger partial charge < -0.3 is 4.90 Å². The molecule has 0 unspecified atom stereocenters. The van der Waals surface area contributed by atoms with E-state index in [1.807, 2.05) is 24.4 Å². The smallest absolute Gasteiger partial charge is 0.225 e. The molecule has 6 heteroatoms. The molecule has 0 N–H and O–H groups in total. The van der Waals surface area contributed by atoms with E-state index in [0.29, 0.717) is 0 Å². The molecule has 132 valence electrons. The fourth-order valence-electron chi connectivity index (χ4n) is 3.06. The number of rotatable bonds is 3. The molecule has 1 aliphatic rings. The molecule has 4 nitrogen and oxygen atoms in total. The molecule has 1 aromatic heterocycles. The van der Waals surface area contributed by atoms with Crippen molar-refractivity contribution < 1.29 is 0 Å². The minimum atomic E-state index is 0. The second kappa shape index (κ2) is 8.99. The van der Waals surface area contributed by atoms with Gasteiger partial charge in [-0.05, 0) is 11.6 Å².